The molecule has 0 saturated heterocycles. The maximum Gasteiger partial charge on any atom is 0.326 e. The Bertz CT molecular complexity index is 648. The van der Waals surface area contributed by atoms with Gasteiger partial charge in [-0.15, -0.1) is 0 Å². The maximum absolute atomic E-state index is 12.8. The summed E-state index contributed by atoms with van der Waals surface area (Å²) in [6.07, 6.45) is 3.16. The lowest BCUT2D eigenvalue weighted by atomic mass is 10.1. The molecule has 0 rings (SSSR count). The van der Waals surface area contributed by atoms with Crippen LogP contribution in [0.2, 0.25) is 0 Å². The normalized spacial score (nSPS) is 14.5. The summed E-state index contributed by atoms with van der Waals surface area (Å²) < 4.78 is 0. The van der Waals surface area contributed by atoms with Crippen LogP contribution in [0, 0.1) is 0 Å². The van der Waals surface area contributed by atoms with Crippen molar-refractivity contribution >= 4 is 41.4 Å². The van der Waals surface area contributed by atoms with Gasteiger partial charge in [-0.25, -0.2) is 4.79 Å². The highest BCUT2D eigenvalue weighted by Gasteiger charge is 2.29. The Morgan fingerprint density at radius 2 is 1.41 bits per heavy atom. The van der Waals surface area contributed by atoms with Crippen molar-refractivity contribution in [2.24, 2.45) is 17.2 Å². The van der Waals surface area contributed by atoms with Gasteiger partial charge in [0.25, 0.3) is 0 Å². The summed E-state index contributed by atoms with van der Waals surface area (Å²) in [5.74, 6) is -3.28. The van der Waals surface area contributed by atoms with E-state index >= 15 is 0 Å². The number of nitrogens with one attached hydrogen (secondary N) is 3. The first-order valence-electron chi connectivity index (χ1n) is 10.4. The van der Waals surface area contributed by atoms with Crippen molar-refractivity contribution in [3.05, 3.63) is 0 Å². The van der Waals surface area contributed by atoms with Crippen LogP contribution in [0.5, 0.6) is 0 Å². The highest BCUT2D eigenvalue weighted by atomic mass is 32.2. The van der Waals surface area contributed by atoms with Crippen LogP contribution in [0.1, 0.15) is 45.4 Å². The smallest absolute Gasteiger partial charge is 0.326 e. The molecule has 0 saturated carbocycles. The Balaban J connectivity index is 5.35. The molecule has 13 heteroatoms. The third-order valence-electron chi connectivity index (χ3n) is 4.53. The highest BCUT2D eigenvalue weighted by Crippen LogP contribution is 2.07. The van der Waals surface area contributed by atoms with Crippen LogP contribution in [0.4, 0.5) is 0 Å². The zero-order chi connectivity index (χ0) is 24.7. The van der Waals surface area contributed by atoms with Crippen LogP contribution in [0.25, 0.3) is 0 Å². The third kappa shape index (κ3) is 12.5. The summed E-state index contributed by atoms with van der Waals surface area (Å²) in [6.45, 7) is 1.84. The molecular weight excluding hydrogens is 440 g/mol. The Labute approximate surface area is 192 Å². The van der Waals surface area contributed by atoms with E-state index in [-0.39, 0.29) is 25.7 Å². The minimum atomic E-state index is -1.19. The number of rotatable bonds is 17. The second-order valence-electron chi connectivity index (χ2n) is 7.38. The van der Waals surface area contributed by atoms with Gasteiger partial charge in [-0.2, -0.15) is 11.8 Å². The van der Waals surface area contributed by atoms with Crippen molar-refractivity contribution in [1.82, 2.24) is 16.0 Å². The lowest BCUT2D eigenvalue weighted by Gasteiger charge is -2.24. The van der Waals surface area contributed by atoms with Crippen molar-refractivity contribution in [2.75, 3.05) is 18.6 Å². The van der Waals surface area contributed by atoms with Gasteiger partial charge < -0.3 is 38.3 Å². The van der Waals surface area contributed by atoms with Crippen LogP contribution in [0.15, 0.2) is 0 Å². The fraction of sp³-hybridized carbons (Fsp3) is 0.737. The van der Waals surface area contributed by atoms with E-state index in [1.807, 2.05) is 6.26 Å². The number of hydrogen-bond donors (Lipinski definition) is 7. The lowest BCUT2D eigenvalue weighted by Crippen LogP contribution is -2.57. The van der Waals surface area contributed by atoms with Crippen LogP contribution >= 0.6 is 11.8 Å². The van der Waals surface area contributed by atoms with Crippen molar-refractivity contribution in [2.45, 2.75) is 69.6 Å². The Kier molecular flexibility index (Phi) is 15.1. The monoisotopic (exact) mass is 476 g/mol. The average molecular weight is 477 g/mol. The van der Waals surface area contributed by atoms with Crippen molar-refractivity contribution in [1.29, 1.82) is 0 Å². The fourth-order valence-corrected chi connectivity index (χ4v) is 3.13. The number of carboxylic acid groups (broad SMARTS) is 1. The Morgan fingerprint density at radius 1 is 0.875 bits per heavy atom. The molecule has 12 nitrogen and oxygen atoms in total. The van der Waals surface area contributed by atoms with E-state index in [1.165, 1.54) is 18.7 Å². The minimum Gasteiger partial charge on any atom is -0.480 e. The number of nitrogens with two attached hydrogens (primary N) is 3. The largest absolute Gasteiger partial charge is 0.480 e. The van der Waals surface area contributed by atoms with Crippen molar-refractivity contribution in [3.8, 4) is 0 Å². The van der Waals surface area contributed by atoms with E-state index in [1.54, 1.807) is 0 Å². The Hall–Kier alpha value is -2.38. The number of primary amides is 1. The number of unbranched alkanes of at least 4 members (excludes halogenated alkanes) is 1. The molecule has 0 heterocycles. The lowest BCUT2D eigenvalue weighted by molar-refractivity contribution is -0.142. The minimum absolute atomic E-state index is 0.0761. The zero-order valence-corrected chi connectivity index (χ0v) is 19.4. The quantitative estimate of drug-likeness (QED) is 0.115. The molecule has 0 bridgehead atoms. The standard InChI is InChI=1S/C19H36N6O6S/c1-11(21)16(27)23-12(6-7-15(22)26)17(28)24-13(8-10-32-2)18(29)25-14(19(30)31)5-3-4-9-20/h11-14H,3-10,20-21H2,1-2H3,(H2,22,26)(H,23,27)(H,24,28)(H,25,29)(H,30,31). The molecule has 0 aliphatic carbocycles. The van der Waals surface area contributed by atoms with Gasteiger partial charge in [0, 0.05) is 6.42 Å². The number of amides is 4. The highest BCUT2D eigenvalue weighted by molar-refractivity contribution is 7.98. The second kappa shape index (κ2) is 16.3. The first kappa shape index (κ1) is 29.6. The molecule has 10 N–H and O–H groups in total. The molecule has 0 aliphatic heterocycles. The van der Waals surface area contributed by atoms with Gasteiger partial charge in [-0.1, -0.05) is 0 Å². The summed E-state index contributed by atoms with van der Waals surface area (Å²) >= 11 is 1.44. The van der Waals surface area contributed by atoms with E-state index in [2.05, 4.69) is 16.0 Å². The van der Waals surface area contributed by atoms with Crippen molar-refractivity contribution in [3.63, 3.8) is 0 Å². The SMILES string of the molecule is CSCCC(NC(=O)C(CCC(N)=O)NC(=O)C(C)N)C(=O)NC(CCCCN)C(=O)O. The molecule has 32 heavy (non-hydrogen) atoms. The van der Waals surface area contributed by atoms with Crippen molar-refractivity contribution < 1.29 is 29.1 Å². The van der Waals surface area contributed by atoms with Gasteiger partial charge in [0.2, 0.25) is 23.6 Å². The van der Waals surface area contributed by atoms with Crippen LogP contribution in [0.3, 0.4) is 0 Å². The van der Waals surface area contributed by atoms with Crippen LogP contribution in [-0.2, 0) is 24.0 Å². The molecule has 0 aromatic heterocycles. The number of carbonyl (C=O) groups excluding carboxylic acids is 4. The average Bonchev–Trinajstić information content (AvgIpc) is 2.72. The zero-order valence-electron chi connectivity index (χ0n) is 18.6. The van der Waals surface area contributed by atoms with E-state index in [9.17, 15) is 29.1 Å². The third-order valence-corrected chi connectivity index (χ3v) is 5.18. The number of thioether (sulfide) groups is 1. The van der Waals surface area contributed by atoms with Gasteiger partial charge in [-0.05, 0) is 57.6 Å². The van der Waals surface area contributed by atoms with E-state index in [4.69, 9.17) is 17.2 Å². The molecule has 0 fully saturated rings. The summed E-state index contributed by atoms with van der Waals surface area (Å²) in [4.78, 5) is 60.1. The number of carboxylic acids is 1. The van der Waals surface area contributed by atoms with Gasteiger partial charge in [0.1, 0.15) is 18.1 Å². The summed E-state index contributed by atoms with van der Waals surface area (Å²) in [5.41, 5.74) is 16.1. The van der Waals surface area contributed by atoms with Gasteiger partial charge in [-0.3, -0.25) is 19.2 Å². The molecular formula is C19H36N6O6S. The molecule has 0 radical (unpaired) electrons. The maximum atomic E-state index is 12.8. The number of hydrogen-bond acceptors (Lipinski definition) is 8. The van der Waals surface area contributed by atoms with Gasteiger partial charge in [0.15, 0.2) is 0 Å². The predicted octanol–water partition coefficient (Wildman–Crippen LogP) is -1.98. The van der Waals surface area contributed by atoms with E-state index < -0.39 is 53.8 Å². The summed E-state index contributed by atoms with van der Waals surface area (Å²) in [5, 5.41) is 16.8. The van der Waals surface area contributed by atoms with Gasteiger partial charge >= 0.3 is 5.97 Å². The topological polar surface area (TPSA) is 220 Å². The number of aliphatic carboxylic acids is 1. The summed E-state index contributed by atoms with van der Waals surface area (Å²) in [7, 11) is 0. The van der Waals surface area contributed by atoms with Crippen LogP contribution in [-0.4, -0.2) is 77.4 Å². The predicted molar refractivity (Wildman–Crippen MR) is 121 cm³/mol. The number of carbonyl (C=O) groups is 5. The van der Waals surface area contributed by atoms with Gasteiger partial charge in [0.05, 0.1) is 6.04 Å². The molecule has 0 aliphatic rings. The molecule has 0 spiro atoms. The molecule has 4 amide bonds. The molecule has 184 valence electrons. The first-order valence-corrected chi connectivity index (χ1v) is 11.8. The molecule has 0 aromatic carbocycles. The van der Waals surface area contributed by atoms with E-state index in [0.29, 0.717) is 25.1 Å². The van der Waals surface area contributed by atoms with Crippen LogP contribution < -0.4 is 33.2 Å². The molecule has 0 aromatic rings. The fourth-order valence-electron chi connectivity index (χ4n) is 2.66. The molecule has 4 unspecified atom stereocenters. The first-order chi connectivity index (χ1) is 15.0. The Morgan fingerprint density at radius 3 is 1.88 bits per heavy atom. The summed E-state index contributed by atoms with van der Waals surface area (Å²) in [6, 6.07) is -4.18. The second-order valence-corrected chi connectivity index (χ2v) is 8.37. The van der Waals surface area contributed by atoms with E-state index in [0.717, 1.165) is 0 Å². The molecule has 4 atom stereocenters.